The number of anilines is 2. The molecule has 0 radical (unpaired) electrons. The van der Waals surface area contributed by atoms with Crippen molar-refractivity contribution in [2.45, 2.75) is 64.5 Å². The van der Waals surface area contributed by atoms with Crippen LogP contribution in [0.2, 0.25) is 0 Å². The van der Waals surface area contributed by atoms with Crippen LogP contribution in [0, 0.1) is 18.3 Å². The van der Waals surface area contributed by atoms with Crippen LogP contribution in [0.15, 0.2) is 24.3 Å². The van der Waals surface area contributed by atoms with Crippen molar-refractivity contribution in [2.24, 2.45) is 0 Å². The van der Waals surface area contributed by atoms with E-state index in [1.165, 1.54) is 11.6 Å². The quantitative estimate of drug-likeness (QED) is 0.251. The summed E-state index contributed by atoms with van der Waals surface area (Å²) < 4.78 is 67.1. The van der Waals surface area contributed by atoms with E-state index < -0.39 is 22.6 Å². The molecule has 0 unspecified atom stereocenters. The molecular weight excluding hydrogens is 640 g/mol. The Morgan fingerprint density at radius 3 is 2.63 bits per heavy atom. The van der Waals surface area contributed by atoms with Crippen molar-refractivity contribution >= 4 is 54.2 Å². The van der Waals surface area contributed by atoms with Gasteiger partial charge in [0.25, 0.3) is 0 Å². The van der Waals surface area contributed by atoms with Gasteiger partial charge in [0.1, 0.15) is 22.4 Å². The second-order valence-electron chi connectivity index (χ2n) is 12.2. The number of aromatic nitrogens is 3. The molecule has 5 heterocycles. The van der Waals surface area contributed by atoms with Crippen LogP contribution in [0.3, 0.4) is 0 Å². The molecule has 2 saturated heterocycles. The predicted octanol–water partition coefficient (Wildman–Crippen LogP) is 4.17. The first-order chi connectivity index (χ1) is 21.8. The topological polar surface area (TPSA) is 145 Å². The highest BCUT2D eigenvalue weighted by Gasteiger charge is 2.30. The Morgan fingerprint density at radius 2 is 1.96 bits per heavy atom. The first-order valence-corrected chi connectivity index (χ1v) is 17.6. The zero-order valence-corrected chi connectivity index (χ0v) is 27.2. The summed E-state index contributed by atoms with van der Waals surface area (Å²) in [7, 11) is -3.21. The van der Waals surface area contributed by atoms with Crippen LogP contribution in [-0.2, 0) is 29.5 Å². The van der Waals surface area contributed by atoms with Gasteiger partial charge in [0.2, 0.25) is 16.0 Å². The Labute approximate surface area is 269 Å². The van der Waals surface area contributed by atoms with Crippen molar-refractivity contribution in [3.8, 4) is 6.07 Å². The van der Waals surface area contributed by atoms with Gasteiger partial charge in [0.05, 0.1) is 24.2 Å². The van der Waals surface area contributed by atoms with Crippen LogP contribution in [0.25, 0.3) is 21.1 Å². The Kier molecular flexibility index (Phi) is 8.89. The molecule has 0 spiro atoms. The standard InChI is InChI=1S/C30H36F3N9O2S2/c1-18(41-9-10-46(43,44)36-17-41)15-42-22(14-34)11-24-19(2)20(3-4-26(24)42)16-40-7-5-21(6-8-40)37-27-25-12-23(13-30(31,32)33)45-28(25)39-29(35)38-27/h3-4,11-12,18,21,36H,5-10,13,15-17H2,1-2H3,(H3,35,37,38,39)/t18-/m0/s1. The molecule has 2 fully saturated rings. The van der Waals surface area contributed by atoms with Gasteiger partial charge in [-0.05, 0) is 56.0 Å². The van der Waals surface area contributed by atoms with Crippen molar-refractivity contribution < 1.29 is 21.6 Å². The number of hydrogen-bond acceptors (Lipinski definition) is 10. The SMILES string of the molecule is Cc1c(CN2CCC(Nc3nc(N)nc4sc(CC(F)(F)F)cc34)CC2)ccc2c1cc(C#N)n2C[C@H](C)N1CCS(=O)(=O)NC1. The van der Waals surface area contributed by atoms with Crippen LogP contribution < -0.4 is 15.8 Å². The zero-order chi connectivity index (χ0) is 32.8. The largest absolute Gasteiger partial charge is 0.393 e. The molecule has 1 aromatic carbocycles. The van der Waals surface area contributed by atoms with Gasteiger partial charge in [0.15, 0.2) is 0 Å². The normalized spacial score (nSPS) is 19.0. The highest BCUT2D eigenvalue weighted by atomic mass is 32.2. The summed E-state index contributed by atoms with van der Waals surface area (Å²) in [5.41, 5.74) is 9.74. The number of likely N-dealkylation sites (tertiary alicyclic amines) is 1. The molecule has 0 amide bonds. The van der Waals surface area contributed by atoms with Crippen molar-refractivity contribution in [2.75, 3.05) is 43.1 Å². The average molecular weight is 676 g/mol. The van der Waals surface area contributed by atoms with Crippen molar-refractivity contribution in [3.63, 3.8) is 0 Å². The fourth-order valence-corrected chi connectivity index (χ4v) is 8.41. The van der Waals surface area contributed by atoms with Gasteiger partial charge in [-0.25, -0.2) is 18.1 Å². The monoisotopic (exact) mass is 675 g/mol. The lowest BCUT2D eigenvalue weighted by atomic mass is 10.0. The van der Waals surface area contributed by atoms with Crippen LogP contribution >= 0.6 is 11.3 Å². The number of piperidine rings is 1. The number of nitrogens with zero attached hydrogens (tertiary/aromatic N) is 6. The van der Waals surface area contributed by atoms with E-state index in [2.05, 4.69) is 54.9 Å². The van der Waals surface area contributed by atoms with Gasteiger partial charge < -0.3 is 15.6 Å². The molecule has 4 aromatic rings. The van der Waals surface area contributed by atoms with Gasteiger partial charge in [0, 0.05) is 60.6 Å². The molecule has 2 aliphatic rings. The van der Waals surface area contributed by atoms with E-state index in [9.17, 15) is 26.9 Å². The van der Waals surface area contributed by atoms with Gasteiger partial charge in [-0.1, -0.05) is 6.07 Å². The number of rotatable bonds is 8. The molecule has 6 rings (SSSR count). The number of nitrogens with two attached hydrogens (primary N) is 1. The van der Waals surface area contributed by atoms with Crippen LogP contribution in [-0.4, -0.2) is 83.1 Å². The number of halogens is 3. The molecule has 0 bridgehead atoms. The molecule has 3 aromatic heterocycles. The van der Waals surface area contributed by atoms with E-state index in [-0.39, 0.29) is 35.3 Å². The first kappa shape index (κ1) is 32.5. The highest BCUT2D eigenvalue weighted by molar-refractivity contribution is 7.89. The maximum atomic E-state index is 13.0. The number of nitrogen functional groups attached to an aromatic ring is 1. The molecule has 11 nitrogen and oxygen atoms in total. The molecule has 0 aliphatic carbocycles. The molecule has 0 saturated carbocycles. The van der Waals surface area contributed by atoms with E-state index in [0.29, 0.717) is 34.8 Å². The Balaban J connectivity index is 1.11. The Bertz CT molecular complexity index is 1890. The molecule has 1 atom stereocenters. The minimum absolute atomic E-state index is 0.0251. The molecule has 2 aliphatic heterocycles. The number of nitrogens with one attached hydrogen (secondary N) is 2. The average Bonchev–Trinajstić information content (AvgIpc) is 3.55. The third-order valence-corrected chi connectivity index (χ3v) is 11.3. The fraction of sp³-hybridized carbons (Fsp3) is 0.500. The summed E-state index contributed by atoms with van der Waals surface area (Å²) in [6.07, 6.45) is -3.66. The Morgan fingerprint density at radius 1 is 1.20 bits per heavy atom. The molecule has 16 heteroatoms. The summed E-state index contributed by atoms with van der Waals surface area (Å²) in [5.74, 6) is 0.561. The van der Waals surface area contributed by atoms with Gasteiger partial charge in [-0.15, -0.1) is 11.3 Å². The molecule has 4 N–H and O–H groups in total. The number of hydrogen-bond donors (Lipinski definition) is 3. The maximum Gasteiger partial charge on any atom is 0.393 e. The Hall–Kier alpha value is -3.49. The lowest BCUT2D eigenvalue weighted by Crippen LogP contribution is -2.51. The minimum Gasteiger partial charge on any atom is -0.368 e. The number of benzene rings is 1. The van der Waals surface area contributed by atoms with E-state index in [4.69, 9.17) is 5.73 Å². The number of sulfonamides is 1. The smallest absolute Gasteiger partial charge is 0.368 e. The van der Waals surface area contributed by atoms with E-state index >= 15 is 0 Å². The van der Waals surface area contributed by atoms with Crippen molar-refractivity contribution in [3.05, 3.63) is 46.0 Å². The number of alkyl halides is 3. The van der Waals surface area contributed by atoms with Gasteiger partial charge in [-0.2, -0.15) is 23.4 Å². The van der Waals surface area contributed by atoms with E-state index in [1.54, 1.807) is 0 Å². The third kappa shape index (κ3) is 7.08. The highest BCUT2D eigenvalue weighted by Crippen LogP contribution is 2.34. The summed E-state index contributed by atoms with van der Waals surface area (Å²) >= 11 is 0.988. The maximum absolute atomic E-state index is 13.0. The third-order valence-electron chi connectivity index (χ3n) is 8.94. The zero-order valence-electron chi connectivity index (χ0n) is 25.6. The van der Waals surface area contributed by atoms with Crippen LogP contribution in [0.1, 0.15) is 41.5 Å². The van der Waals surface area contributed by atoms with Gasteiger partial charge in [-0.3, -0.25) is 9.80 Å². The number of thiophene rings is 1. The first-order valence-electron chi connectivity index (χ1n) is 15.1. The molecule has 246 valence electrons. The van der Waals surface area contributed by atoms with Crippen molar-refractivity contribution in [1.29, 1.82) is 5.26 Å². The van der Waals surface area contributed by atoms with E-state index in [0.717, 1.165) is 60.3 Å². The number of nitriles is 1. The second-order valence-corrected chi connectivity index (χ2v) is 15.2. The van der Waals surface area contributed by atoms with Gasteiger partial charge >= 0.3 is 6.18 Å². The summed E-state index contributed by atoms with van der Waals surface area (Å²) in [5, 5.41) is 14.9. The van der Waals surface area contributed by atoms with Crippen LogP contribution in [0.4, 0.5) is 24.9 Å². The lowest BCUT2D eigenvalue weighted by Gasteiger charge is -2.33. The number of fused-ring (bicyclic) bond motifs is 2. The summed E-state index contributed by atoms with van der Waals surface area (Å²) in [6.45, 7) is 7.79. The minimum atomic E-state index is -4.30. The summed E-state index contributed by atoms with van der Waals surface area (Å²) in [4.78, 5) is 13.5. The summed E-state index contributed by atoms with van der Waals surface area (Å²) in [6, 6.07) is 10.1. The van der Waals surface area contributed by atoms with Crippen molar-refractivity contribution in [1.82, 2.24) is 29.1 Å². The second kappa shape index (κ2) is 12.6. The molecular formula is C30H36F3N9O2S2. The van der Waals surface area contributed by atoms with E-state index in [1.807, 2.05) is 17.6 Å². The predicted molar refractivity (Wildman–Crippen MR) is 173 cm³/mol. The molecule has 46 heavy (non-hydrogen) atoms. The lowest BCUT2D eigenvalue weighted by molar-refractivity contribution is -0.126. The van der Waals surface area contributed by atoms with Crippen LogP contribution in [0.5, 0.6) is 0 Å². The fourth-order valence-electron chi connectivity index (χ4n) is 6.36. The number of aryl methyl sites for hydroxylation is 1.